The second-order valence-electron chi connectivity index (χ2n) is 4.46. The van der Waals surface area contributed by atoms with Crippen molar-refractivity contribution in [1.82, 2.24) is 5.32 Å². The molecule has 0 spiro atoms. The van der Waals surface area contributed by atoms with Crippen molar-refractivity contribution >= 4 is 0 Å². The SMILES string of the molecule is CC#CCCC(NCC)C1(OC)CCOCC1. The zero-order chi connectivity index (χ0) is 12.6. The third kappa shape index (κ3) is 3.99. The summed E-state index contributed by atoms with van der Waals surface area (Å²) in [6.07, 6.45) is 3.92. The molecule has 1 heterocycles. The molecule has 0 aromatic heterocycles. The second kappa shape index (κ2) is 7.71. The molecular weight excluding hydrogens is 214 g/mol. The first-order chi connectivity index (χ1) is 8.29. The van der Waals surface area contributed by atoms with E-state index >= 15 is 0 Å². The average molecular weight is 239 g/mol. The summed E-state index contributed by atoms with van der Waals surface area (Å²) in [5, 5.41) is 3.55. The van der Waals surface area contributed by atoms with Crippen LogP contribution in [-0.4, -0.2) is 38.5 Å². The molecule has 1 unspecified atom stereocenters. The molecule has 0 saturated carbocycles. The van der Waals surface area contributed by atoms with Gasteiger partial charge in [0.05, 0.1) is 5.60 Å². The molecule has 1 rings (SSSR count). The number of ether oxygens (including phenoxy) is 2. The van der Waals surface area contributed by atoms with Crippen LogP contribution in [0.4, 0.5) is 0 Å². The number of likely N-dealkylation sites (N-methyl/N-ethyl adjacent to an activating group) is 1. The van der Waals surface area contributed by atoms with Crippen LogP contribution in [0.1, 0.15) is 39.5 Å². The fourth-order valence-corrected chi connectivity index (χ4v) is 2.55. The Morgan fingerprint density at radius 3 is 2.65 bits per heavy atom. The van der Waals surface area contributed by atoms with Gasteiger partial charge >= 0.3 is 0 Å². The van der Waals surface area contributed by atoms with Gasteiger partial charge in [0.2, 0.25) is 0 Å². The molecule has 98 valence electrons. The van der Waals surface area contributed by atoms with Crippen molar-refractivity contribution in [3.63, 3.8) is 0 Å². The Labute approximate surface area is 105 Å². The Hall–Kier alpha value is -0.560. The van der Waals surface area contributed by atoms with Crippen molar-refractivity contribution in [2.75, 3.05) is 26.9 Å². The molecule has 1 fully saturated rings. The molecule has 3 heteroatoms. The summed E-state index contributed by atoms with van der Waals surface area (Å²) in [4.78, 5) is 0. The van der Waals surface area contributed by atoms with Crippen LogP contribution >= 0.6 is 0 Å². The molecular formula is C14H25NO2. The monoisotopic (exact) mass is 239 g/mol. The van der Waals surface area contributed by atoms with Gasteiger partial charge in [-0.05, 0) is 19.9 Å². The minimum absolute atomic E-state index is 0.0658. The summed E-state index contributed by atoms with van der Waals surface area (Å²) < 4.78 is 11.3. The normalized spacial score (nSPS) is 20.4. The van der Waals surface area contributed by atoms with E-state index in [1.807, 2.05) is 14.0 Å². The fraction of sp³-hybridized carbons (Fsp3) is 0.857. The van der Waals surface area contributed by atoms with Crippen LogP contribution in [0, 0.1) is 11.8 Å². The van der Waals surface area contributed by atoms with Gasteiger partial charge in [0.1, 0.15) is 0 Å². The summed E-state index contributed by atoms with van der Waals surface area (Å²) in [6, 6.07) is 0.377. The maximum absolute atomic E-state index is 5.83. The van der Waals surface area contributed by atoms with Crippen molar-refractivity contribution in [3.8, 4) is 11.8 Å². The maximum atomic E-state index is 5.83. The van der Waals surface area contributed by atoms with Gasteiger partial charge in [0.25, 0.3) is 0 Å². The van der Waals surface area contributed by atoms with Gasteiger partial charge in [-0.2, -0.15) is 0 Å². The molecule has 0 aromatic rings. The Kier molecular flexibility index (Phi) is 6.57. The van der Waals surface area contributed by atoms with Crippen molar-refractivity contribution in [3.05, 3.63) is 0 Å². The first kappa shape index (κ1) is 14.5. The standard InChI is InChI=1S/C14H25NO2/c1-4-6-7-8-13(15-5-2)14(16-3)9-11-17-12-10-14/h13,15H,5,7-12H2,1-3H3. The summed E-state index contributed by atoms with van der Waals surface area (Å²) >= 11 is 0. The number of nitrogens with one attached hydrogen (secondary N) is 1. The molecule has 1 aliphatic heterocycles. The lowest BCUT2D eigenvalue weighted by Gasteiger charge is -2.42. The minimum atomic E-state index is -0.0658. The van der Waals surface area contributed by atoms with Crippen molar-refractivity contribution < 1.29 is 9.47 Å². The average Bonchev–Trinajstić information content (AvgIpc) is 2.39. The third-order valence-corrected chi connectivity index (χ3v) is 3.57. The van der Waals surface area contributed by atoms with Crippen LogP contribution in [0.15, 0.2) is 0 Å². The topological polar surface area (TPSA) is 30.5 Å². The van der Waals surface area contributed by atoms with Crippen LogP contribution in [-0.2, 0) is 9.47 Å². The van der Waals surface area contributed by atoms with E-state index in [1.54, 1.807) is 0 Å². The molecule has 1 N–H and O–H groups in total. The molecule has 0 aromatic carbocycles. The summed E-state index contributed by atoms with van der Waals surface area (Å²) in [6.45, 7) is 6.60. The molecule has 17 heavy (non-hydrogen) atoms. The van der Waals surface area contributed by atoms with Gasteiger partial charge < -0.3 is 14.8 Å². The van der Waals surface area contributed by atoms with E-state index < -0.39 is 0 Å². The predicted molar refractivity (Wildman–Crippen MR) is 69.9 cm³/mol. The van der Waals surface area contributed by atoms with Crippen LogP contribution in [0.5, 0.6) is 0 Å². The fourth-order valence-electron chi connectivity index (χ4n) is 2.55. The van der Waals surface area contributed by atoms with Gasteiger partial charge in [-0.15, -0.1) is 11.8 Å². The van der Waals surface area contributed by atoms with E-state index in [4.69, 9.17) is 9.47 Å². The highest BCUT2D eigenvalue weighted by molar-refractivity contribution is 5.00. The van der Waals surface area contributed by atoms with Crippen molar-refractivity contribution in [2.24, 2.45) is 0 Å². The first-order valence-corrected chi connectivity index (χ1v) is 6.55. The molecule has 1 aliphatic rings. The summed E-state index contributed by atoms with van der Waals surface area (Å²) in [7, 11) is 1.82. The molecule has 1 atom stereocenters. The van der Waals surface area contributed by atoms with E-state index in [0.717, 1.165) is 45.4 Å². The quantitative estimate of drug-likeness (QED) is 0.719. The molecule has 0 bridgehead atoms. The highest BCUT2D eigenvalue weighted by Crippen LogP contribution is 2.30. The largest absolute Gasteiger partial charge is 0.381 e. The molecule has 1 saturated heterocycles. The van der Waals surface area contributed by atoms with Crippen molar-refractivity contribution in [1.29, 1.82) is 0 Å². The second-order valence-corrected chi connectivity index (χ2v) is 4.46. The summed E-state index contributed by atoms with van der Waals surface area (Å²) in [5.41, 5.74) is -0.0658. The highest BCUT2D eigenvalue weighted by Gasteiger charge is 2.39. The predicted octanol–water partition coefficient (Wildman–Crippen LogP) is 1.96. The smallest absolute Gasteiger partial charge is 0.0875 e. The Bertz CT molecular complexity index is 261. The first-order valence-electron chi connectivity index (χ1n) is 6.55. The summed E-state index contributed by atoms with van der Waals surface area (Å²) in [5.74, 6) is 6.10. The molecule has 0 aliphatic carbocycles. The van der Waals surface area contributed by atoms with Gasteiger partial charge in [0.15, 0.2) is 0 Å². The van der Waals surface area contributed by atoms with E-state index in [1.165, 1.54) is 0 Å². The van der Waals surface area contributed by atoms with Crippen molar-refractivity contribution in [2.45, 2.75) is 51.2 Å². The lowest BCUT2D eigenvalue weighted by atomic mass is 9.83. The molecule has 0 radical (unpaired) electrons. The Morgan fingerprint density at radius 2 is 2.12 bits per heavy atom. The van der Waals surface area contributed by atoms with Gasteiger partial charge in [-0.1, -0.05) is 6.92 Å². The van der Waals surface area contributed by atoms with Crippen LogP contribution in [0.25, 0.3) is 0 Å². The van der Waals surface area contributed by atoms with Gasteiger partial charge in [-0.3, -0.25) is 0 Å². The third-order valence-electron chi connectivity index (χ3n) is 3.57. The van der Waals surface area contributed by atoms with E-state index in [0.29, 0.717) is 6.04 Å². The van der Waals surface area contributed by atoms with Crippen LogP contribution in [0.3, 0.4) is 0 Å². The number of hydrogen-bond donors (Lipinski definition) is 1. The van der Waals surface area contributed by atoms with E-state index in [2.05, 4.69) is 24.1 Å². The zero-order valence-corrected chi connectivity index (χ0v) is 11.3. The van der Waals surface area contributed by atoms with E-state index in [9.17, 15) is 0 Å². The van der Waals surface area contributed by atoms with Gasteiger partial charge in [-0.25, -0.2) is 0 Å². The van der Waals surface area contributed by atoms with Gasteiger partial charge in [0, 0.05) is 45.6 Å². The van der Waals surface area contributed by atoms with E-state index in [-0.39, 0.29) is 5.60 Å². The number of methoxy groups -OCH3 is 1. The lowest BCUT2D eigenvalue weighted by Crippen LogP contribution is -2.55. The number of rotatable bonds is 6. The maximum Gasteiger partial charge on any atom is 0.0875 e. The minimum Gasteiger partial charge on any atom is -0.381 e. The highest BCUT2D eigenvalue weighted by atomic mass is 16.5. The van der Waals surface area contributed by atoms with Crippen LogP contribution < -0.4 is 5.32 Å². The van der Waals surface area contributed by atoms with Crippen LogP contribution in [0.2, 0.25) is 0 Å². The molecule has 0 amide bonds. The number of hydrogen-bond acceptors (Lipinski definition) is 3. The zero-order valence-electron chi connectivity index (χ0n) is 11.3. The lowest BCUT2D eigenvalue weighted by molar-refractivity contribution is -0.111. The Morgan fingerprint density at radius 1 is 1.41 bits per heavy atom. The Balaban J connectivity index is 2.65. The molecule has 3 nitrogen and oxygen atoms in total.